The van der Waals surface area contributed by atoms with Crippen LogP contribution in [-0.2, 0) is 6.54 Å². The van der Waals surface area contributed by atoms with Crippen LogP contribution in [0.5, 0.6) is 5.75 Å². The molecule has 0 aliphatic carbocycles. The van der Waals surface area contributed by atoms with Crippen molar-refractivity contribution in [2.75, 3.05) is 6.54 Å². The summed E-state index contributed by atoms with van der Waals surface area (Å²) in [6, 6.07) is 5.87. The molecule has 0 bridgehead atoms. The van der Waals surface area contributed by atoms with Gasteiger partial charge in [0.1, 0.15) is 5.75 Å². The van der Waals surface area contributed by atoms with Crippen molar-refractivity contribution in [3.05, 3.63) is 29.8 Å². The van der Waals surface area contributed by atoms with Crippen LogP contribution in [0.2, 0.25) is 0 Å². The van der Waals surface area contributed by atoms with E-state index in [2.05, 4.69) is 10.1 Å². The lowest BCUT2D eigenvalue weighted by Gasteiger charge is -2.10. The molecule has 19 heavy (non-hydrogen) atoms. The van der Waals surface area contributed by atoms with Gasteiger partial charge in [-0.3, -0.25) is 0 Å². The van der Waals surface area contributed by atoms with E-state index in [-0.39, 0.29) is 11.9 Å². The minimum Gasteiger partial charge on any atom is -0.406 e. The maximum Gasteiger partial charge on any atom is 0.573 e. The highest BCUT2D eigenvalue weighted by molar-refractivity contribution is 5.28. The fourth-order valence-electron chi connectivity index (χ4n) is 1.61. The maximum absolute atomic E-state index is 12.0. The molecular weight excluding hydrogens is 259 g/mol. The van der Waals surface area contributed by atoms with Crippen LogP contribution in [-0.4, -0.2) is 24.1 Å². The van der Waals surface area contributed by atoms with E-state index in [1.165, 1.54) is 18.2 Å². The number of hydrogen-bond acceptors (Lipinski definition) is 3. The second-order valence-electron chi connectivity index (χ2n) is 4.36. The van der Waals surface area contributed by atoms with Gasteiger partial charge in [-0.1, -0.05) is 12.1 Å². The molecule has 0 aromatic heterocycles. The Morgan fingerprint density at radius 1 is 1.37 bits per heavy atom. The minimum atomic E-state index is -4.66. The van der Waals surface area contributed by atoms with Crippen molar-refractivity contribution in [3.63, 3.8) is 0 Å². The molecule has 1 aromatic rings. The van der Waals surface area contributed by atoms with Crippen molar-refractivity contribution >= 4 is 0 Å². The topological polar surface area (TPSA) is 41.5 Å². The van der Waals surface area contributed by atoms with Crippen LogP contribution < -0.4 is 10.1 Å². The van der Waals surface area contributed by atoms with Gasteiger partial charge < -0.3 is 15.2 Å². The van der Waals surface area contributed by atoms with Crippen LogP contribution in [0.1, 0.15) is 25.3 Å². The Morgan fingerprint density at radius 2 is 2.11 bits per heavy atom. The highest BCUT2D eigenvalue weighted by Gasteiger charge is 2.31. The van der Waals surface area contributed by atoms with Crippen LogP contribution in [0.15, 0.2) is 24.3 Å². The average molecular weight is 277 g/mol. The summed E-state index contributed by atoms with van der Waals surface area (Å²) in [6.45, 7) is 2.89. The second-order valence-corrected chi connectivity index (χ2v) is 4.36. The van der Waals surface area contributed by atoms with E-state index in [0.29, 0.717) is 19.5 Å². The van der Waals surface area contributed by atoms with Crippen molar-refractivity contribution in [2.24, 2.45) is 0 Å². The van der Waals surface area contributed by atoms with Crippen LogP contribution in [0.25, 0.3) is 0 Å². The number of aliphatic hydroxyl groups excluding tert-OH is 1. The van der Waals surface area contributed by atoms with Gasteiger partial charge in [-0.2, -0.15) is 0 Å². The summed E-state index contributed by atoms with van der Waals surface area (Å²) in [4.78, 5) is 0. The van der Waals surface area contributed by atoms with Gasteiger partial charge in [0.25, 0.3) is 0 Å². The predicted octanol–water partition coefficient (Wildman–Crippen LogP) is 2.84. The molecule has 0 aliphatic heterocycles. The molecule has 0 saturated carbocycles. The summed E-state index contributed by atoms with van der Waals surface area (Å²) >= 11 is 0. The van der Waals surface area contributed by atoms with Gasteiger partial charge in [0.05, 0.1) is 6.10 Å². The van der Waals surface area contributed by atoms with Crippen LogP contribution in [0.3, 0.4) is 0 Å². The van der Waals surface area contributed by atoms with Crippen LogP contribution >= 0.6 is 0 Å². The monoisotopic (exact) mass is 277 g/mol. The van der Waals surface area contributed by atoms with Crippen LogP contribution in [0, 0.1) is 0 Å². The van der Waals surface area contributed by atoms with Gasteiger partial charge in [0, 0.05) is 6.54 Å². The van der Waals surface area contributed by atoms with Gasteiger partial charge in [0.15, 0.2) is 0 Å². The first-order valence-corrected chi connectivity index (χ1v) is 6.10. The number of benzene rings is 1. The van der Waals surface area contributed by atoms with E-state index in [1.807, 2.05) is 0 Å². The Hall–Kier alpha value is -1.27. The first-order chi connectivity index (χ1) is 8.87. The molecule has 1 unspecified atom stereocenters. The summed E-state index contributed by atoms with van der Waals surface area (Å²) in [5.74, 6) is -0.212. The quantitative estimate of drug-likeness (QED) is 0.753. The van der Waals surface area contributed by atoms with Gasteiger partial charge >= 0.3 is 6.36 Å². The molecule has 0 saturated heterocycles. The number of hydrogen-bond donors (Lipinski definition) is 2. The molecule has 0 heterocycles. The van der Waals surface area contributed by atoms with E-state index >= 15 is 0 Å². The molecule has 0 amide bonds. The lowest BCUT2D eigenvalue weighted by molar-refractivity contribution is -0.274. The summed E-state index contributed by atoms with van der Waals surface area (Å²) in [5.41, 5.74) is 0.721. The molecule has 0 fully saturated rings. The standard InChI is InChI=1S/C13H18F3NO2/c1-10(18)4-3-7-17-9-11-5-2-6-12(8-11)19-13(14,15)16/h2,5-6,8,10,17-18H,3-4,7,9H2,1H3. The Balaban J connectivity index is 2.36. The fraction of sp³-hybridized carbons (Fsp3) is 0.538. The predicted molar refractivity (Wildman–Crippen MR) is 65.7 cm³/mol. The average Bonchev–Trinajstić information content (AvgIpc) is 2.26. The van der Waals surface area contributed by atoms with Gasteiger partial charge in [0.2, 0.25) is 0 Å². The van der Waals surface area contributed by atoms with E-state index < -0.39 is 6.36 Å². The zero-order chi connectivity index (χ0) is 14.3. The van der Waals surface area contributed by atoms with Crippen LogP contribution in [0.4, 0.5) is 13.2 Å². The summed E-state index contributed by atoms with van der Waals surface area (Å²) in [5, 5.41) is 12.2. The third kappa shape index (κ3) is 7.69. The molecule has 0 spiro atoms. The van der Waals surface area contributed by atoms with E-state index in [9.17, 15) is 13.2 Å². The smallest absolute Gasteiger partial charge is 0.406 e. The lowest BCUT2D eigenvalue weighted by atomic mass is 10.2. The molecule has 2 N–H and O–H groups in total. The zero-order valence-electron chi connectivity index (χ0n) is 10.7. The van der Waals surface area contributed by atoms with E-state index in [4.69, 9.17) is 5.11 Å². The minimum absolute atomic E-state index is 0.212. The molecule has 6 heteroatoms. The van der Waals surface area contributed by atoms with E-state index in [0.717, 1.165) is 12.0 Å². The third-order valence-electron chi connectivity index (χ3n) is 2.44. The molecule has 0 radical (unpaired) electrons. The van der Waals surface area contributed by atoms with Crippen molar-refractivity contribution in [3.8, 4) is 5.75 Å². The molecule has 1 atom stereocenters. The first-order valence-electron chi connectivity index (χ1n) is 6.10. The maximum atomic E-state index is 12.0. The van der Waals surface area contributed by atoms with Crippen molar-refractivity contribution < 1.29 is 23.0 Å². The molecule has 1 rings (SSSR count). The summed E-state index contributed by atoms with van der Waals surface area (Å²) < 4.78 is 40.0. The number of halogens is 3. The number of ether oxygens (including phenoxy) is 1. The number of alkyl halides is 3. The first kappa shape index (κ1) is 15.8. The Kier molecular flexibility index (Phi) is 6.11. The van der Waals surface area contributed by atoms with E-state index in [1.54, 1.807) is 13.0 Å². The van der Waals surface area contributed by atoms with Gasteiger partial charge in [-0.25, -0.2) is 0 Å². The zero-order valence-corrected chi connectivity index (χ0v) is 10.7. The number of rotatable bonds is 7. The number of nitrogens with one attached hydrogen (secondary N) is 1. The second kappa shape index (κ2) is 7.35. The fourth-order valence-corrected chi connectivity index (χ4v) is 1.61. The highest BCUT2D eigenvalue weighted by Crippen LogP contribution is 2.23. The lowest BCUT2D eigenvalue weighted by Crippen LogP contribution is -2.18. The number of aliphatic hydroxyl groups is 1. The van der Waals surface area contributed by atoms with Gasteiger partial charge in [-0.05, 0) is 44.0 Å². The van der Waals surface area contributed by atoms with Crippen molar-refractivity contribution in [2.45, 2.75) is 38.8 Å². The summed E-state index contributed by atoms with van der Waals surface area (Å²) in [6.07, 6.45) is -3.48. The van der Waals surface area contributed by atoms with Gasteiger partial charge in [-0.15, -0.1) is 13.2 Å². The van der Waals surface area contributed by atoms with Crippen molar-refractivity contribution in [1.82, 2.24) is 5.32 Å². The molecular formula is C13H18F3NO2. The Bertz CT molecular complexity index is 380. The molecule has 3 nitrogen and oxygen atoms in total. The summed E-state index contributed by atoms with van der Waals surface area (Å²) in [7, 11) is 0. The highest BCUT2D eigenvalue weighted by atomic mass is 19.4. The molecule has 108 valence electrons. The largest absolute Gasteiger partial charge is 0.573 e. The van der Waals surface area contributed by atoms with Crippen molar-refractivity contribution in [1.29, 1.82) is 0 Å². The normalized spacial score (nSPS) is 13.3. The SMILES string of the molecule is CC(O)CCCNCc1cccc(OC(F)(F)F)c1. The third-order valence-corrected chi connectivity index (χ3v) is 2.44. The Morgan fingerprint density at radius 3 is 2.74 bits per heavy atom. The molecule has 0 aliphatic rings. The molecule has 1 aromatic carbocycles. The Labute approximate surface area is 110 Å².